The Balaban J connectivity index is 3.12. The van der Waals surface area contributed by atoms with E-state index in [0.717, 1.165) is 0 Å². The molecular formula is C8H11Cl2N3O. The molecule has 0 aliphatic heterocycles. The van der Waals surface area contributed by atoms with Crippen LogP contribution in [-0.4, -0.2) is 7.11 Å². The summed E-state index contributed by atoms with van der Waals surface area (Å²) in [5, 5.41) is 0. The minimum absolute atomic E-state index is 0.335. The SMILES string of the molecule is CONC(Cl)(Cl)c1cccc(N)c1N. The summed E-state index contributed by atoms with van der Waals surface area (Å²) >= 11 is 11.9. The second kappa shape index (κ2) is 4.23. The summed E-state index contributed by atoms with van der Waals surface area (Å²) in [5.41, 5.74) is 14.9. The van der Waals surface area contributed by atoms with Gasteiger partial charge in [0, 0.05) is 5.56 Å². The predicted octanol–water partition coefficient (Wildman–Crippen LogP) is 1.59. The summed E-state index contributed by atoms with van der Waals surface area (Å²) in [7, 11) is 1.40. The van der Waals surface area contributed by atoms with Crippen LogP contribution in [0.3, 0.4) is 0 Å². The van der Waals surface area contributed by atoms with Gasteiger partial charge in [-0.25, -0.2) is 0 Å². The van der Waals surface area contributed by atoms with Gasteiger partial charge in [-0.2, -0.15) is 5.48 Å². The smallest absolute Gasteiger partial charge is 0.217 e. The van der Waals surface area contributed by atoms with Crippen LogP contribution in [0.25, 0.3) is 0 Å². The number of anilines is 2. The molecule has 78 valence electrons. The molecule has 0 fully saturated rings. The van der Waals surface area contributed by atoms with Crippen LogP contribution >= 0.6 is 23.2 Å². The number of nitrogen functional groups attached to an aromatic ring is 2. The number of hydroxylamine groups is 1. The monoisotopic (exact) mass is 235 g/mol. The van der Waals surface area contributed by atoms with Gasteiger partial charge in [0.25, 0.3) is 0 Å². The third kappa shape index (κ3) is 2.22. The van der Waals surface area contributed by atoms with E-state index in [-0.39, 0.29) is 0 Å². The molecule has 1 rings (SSSR count). The summed E-state index contributed by atoms with van der Waals surface area (Å²) in [6, 6.07) is 5.03. The second-order valence-electron chi connectivity index (χ2n) is 2.69. The Kier molecular flexibility index (Phi) is 3.44. The van der Waals surface area contributed by atoms with Crippen molar-refractivity contribution in [1.29, 1.82) is 0 Å². The van der Waals surface area contributed by atoms with Gasteiger partial charge in [-0.15, -0.1) is 0 Å². The summed E-state index contributed by atoms with van der Waals surface area (Å²) in [5.74, 6) is 0. The van der Waals surface area contributed by atoms with E-state index in [0.29, 0.717) is 16.9 Å². The highest BCUT2D eigenvalue weighted by Gasteiger charge is 2.29. The van der Waals surface area contributed by atoms with Crippen LogP contribution in [-0.2, 0) is 9.29 Å². The molecule has 0 heterocycles. The van der Waals surface area contributed by atoms with Crippen molar-refractivity contribution in [3.05, 3.63) is 23.8 Å². The van der Waals surface area contributed by atoms with Crippen LogP contribution in [0, 0.1) is 0 Å². The Morgan fingerprint density at radius 1 is 1.36 bits per heavy atom. The predicted molar refractivity (Wildman–Crippen MR) is 58.8 cm³/mol. The van der Waals surface area contributed by atoms with Crippen LogP contribution in [0.15, 0.2) is 18.2 Å². The normalized spacial score (nSPS) is 11.6. The first-order valence-electron chi connectivity index (χ1n) is 3.81. The van der Waals surface area contributed by atoms with Gasteiger partial charge in [0.15, 0.2) is 0 Å². The second-order valence-corrected chi connectivity index (χ2v) is 4.02. The summed E-state index contributed by atoms with van der Waals surface area (Å²) in [6.45, 7) is 0. The first kappa shape index (κ1) is 11.4. The van der Waals surface area contributed by atoms with Gasteiger partial charge in [-0.1, -0.05) is 35.3 Å². The van der Waals surface area contributed by atoms with E-state index in [9.17, 15) is 0 Å². The minimum Gasteiger partial charge on any atom is -0.397 e. The van der Waals surface area contributed by atoms with Gasteiger partial charge in [0.1, 0.15) is 0 Å². The average molecular weight is 236 g/mol. The molecule has 0 saturated heterocycles. The Bertz CT molecular complexity index is 330. The lowest BCUT2D eigenvalue weighted by Gasteiger charge is -2.22. The maximum Gasteiger partial charge on any atom is 0.217 e. The molecule has 0 unspecified atom stereocenters. The molecule has 0 radical (unpaired) electrons. The fourth-order valence-electron chi connectivity index (χ4n) is 1.04. The molecular weight excluding hydrogens is 225 g/mol. The van der Waals surface area contributed by atoms with Gasteiger partial charge in [0.05, 0.1) is 18.5 Å². The third-order valence-corrected chi connectivity index (χ3v) is 2.27. The molecule has 0 atom stereocenters. The molecule has 4 nitrogen and oxygen atoms in total. The maximum absolute atomic E-state index is 5.93. The lowest BCUT2D eigenvalue weighted by Crippen LogP contribution is -2.31. The number of nitrogens with one attached hydrogen (secondary N) is 1. The van der Waals surface area contributed by atoms with E-state index >= 15 is 0 Å². The molecule has 0 aliphatic rings. The molecule has 0 spiro atoms. The summed E-state index contributed by atoms with van der Waals surface area (Å²) < 4.78 is -1.41. The van der Waals surface area contributed by atoms with E-state index in [1.54, 1.807) is 18.2 Å². The molecule has 1 aromatic carbocycles. The highest BCUT2D eigenvalue weighted by atomic mass is 35.5. The zero-order chi connectivity index (χ0) is 10.8. The lowest BCUT2D eigenvalue weighted by atomic mass is 10.1. The topological polar surface area (TPSA) is 73.3 Å². The van der Waals surface area contributed by atoms with Gasteiger partial charge in [-0.05, 0) is 6.07 Å². The van der Waals surface area contributed by atoms with Crippen molar-refractivity contribution < 1.29 is 4.84 Å². The number of halogens is 2. The number of alkyl halides is 2. The number of hydrogen-bond donors (Lipinski definition) is 3. The first-order chi connectivity index (χ1) is 6.49. The Morgan fingerprint density at radius 3 is 2.57 bits per heavy atom. The fraction of sp³-hybridized carbons (Fsp3) is 0.250. The fourth-order valence-corrected chi connectivity index (χ4v) is 1.52. The molecule has 0 aromatic heterocycles. The van der Waals surface area contributed by atoms with E-state index in [1.165, 1.54) is 7.11 Å². The Hall–Kier alpha value is -0.680. The van der Waals surface area contributed by atoms with Crippen LogP contribution < -0.4 is 16.9 Å². The minimum atomic E-state index is -1.41. The highest BCUT2D eigenvalue weighted by Crippen LogP contribution is 2.36. The van der Waals surface area contributed by atoms with E-state index in [2.05, 4.69) is 10.3 Å². The van der Waals surface area contributed by atoms with Crippen LogP contribution in [0.2, 0.25) is 0 Å². The third-order valence-electron chi connectivity index (χ3n) is 1.71. The zero-order valence-corrected chi connectivity index (χ0v) is 9.06. The number of benzene rings is 1. The number of hydrogen-bond acceptors (Lipinski definition) is 4. The molecule has 0 bridgehead atoms. The molecule has 14 heavy (non-hydrogen) atoms. The molecule has 0 aliphatic carbocycles. The number of para-hydroxylation sites is 1. The Labute approximate surface area is 92.1 Å². The van der Waals surface area contributed by atoms with Crippen molar-refractivity contribution in [3.8, 4) is 0 Å². The van der Waals surface area contributed by atoms with Gasteiger partial charge < -0.3 is 16.3 Å². The maximum atomic E-state index is 5.93. The largest absolute Gasteiger partial charge is 0.397 e. The van der Waals surface area contributed by atoms with Gasteiger partial charge >= 0.3 is 0 Å². The molecule has 1 aromatic rings. The van der Waals surface area contributed by atoms with Gasteiger partial charge in [0.2, 0.25) is 4.46 Å². The molecule has 0 saturated carbocycles. The summed E-state index contributed by atoms with van der Waals surface area (Å²) in [4.78, 5) is 4.65. The average Bonchev–Trinajstić information content (AvgIpc) is 2.09. The standard InChI is InChI=1S/C8H11Cl2N3O/c1-14-13-8(9,10)5-3-2-4-6(11)7(5)12/h2-4,13H,11-12H2,1H3. The zero-order valence-electron chi connectivity index (χ0n) is 7.55. The van der Waals surface area contributed by atoms with Crippen LogP contribution in [0.4, 0.5) is 11.4 Å². The molecule has 0 amide bonds. The van der Waals surface area contributed by atoms with Crippen molar-refractivity contribution in [2.75, 3.05) is 18.6 Å². The van der Waals surface area contributed by atoms with Crippen molar-refractivity contribution in [3.63, 3.8) is 0 Å². The van der Waals surface area contributed by atoms with Crippen molar-refractivity contribution in [2.45, 2.75) is 4.46 Å². The lowest BCUT2D eigenvalue weighted by molar-refractivity contribution is 0.0705. The quantitative estimate of drug-likeness (QED) is 0.322. The number of rotatable bonds is 3. The van der Waals surface area contributed by atoms with Crippen molar-refractivity contribution >= 4 is 34.6 Å². The van der Waals surface area contributed by atoms with E-state index in [4.69, 9.17) is 34.7 Å². The Morgan fingerprint density at radius 2 is 2.00 bits per heavy atom. The van der Waals surface area contributed by atoms with E-state index < -0.39 is 4.46 Å². The van der Waals surface area contributed by atoms with E-state index in [1.807, 2.05) is 0 Å². The van der Waals surface area contributed by atoms with Crippen molar-refractivity contribution in [1.82, 2.24) is 5.48 Å². The molecule has 6 heteroatoms. The van der Waals surface area contributed by atoms with Crippen molar-refractivity contribution in [2.24, 2.45) is 0 Å². The van der Waals surface area contributed by atoms with Gasteiger partial charge in [-0.3, -0.25) is 0 Å². The highest BCUT2D eigenvalue weighted by molar-refractivity contribution is 6.48. The first-order valence-corrected chi connectivity index (χ1v) is 4.57. The summed E-state index contributed by atoms with van der Waals surface area (Å²) in [6.07, 6.45) is 0. The number of nitrogens with two attached hydrogens (primary N) is 2. The van der Waals surface area contributed by atoms with Crippen LogP contribution in [0.1, 0.15) is 5.56 Å². The molecule has 5 N–H and O–H groups in total. The van der Waals surface area contributed by atoms with Crippen LogP contribution in [0.5, 0.6) is 0 Å².